The highest BCUT2D eigenvalue weighted by molar-refractivity contribution is 5.97. The maximum Gasteiger partial charge on any atom is 0.309 e. The van der Waals surface area contributed by atoms with E-state index in [0.717, 1.165) is 6.92 Å². The van der Waals surface area contributed by atoms with Gasteiger partial charge in [-0.25, -0.2) is 0 Å². The van der Waals surface area contributed by atoms with Crippen LogP contribution in [0, 0.1) is 0 Å². The fraction of sp³-hybridized carbons (Fsp3) is 0.485. The Labute approximate surface area is 290 Å². The fourth-order valence-corrected chi connectivity index (χ4v) is 5.64. The molecule has 1 saturated heterocycles. The highest BCUT2D eigenvalue weighted by Gasteiger charge is 2.49. The van der Waals surface area contributed by atoms with Crippen LogP contribution in [0.5, 0.6) is 40.2 Å². The number of benzene rings is 2. The zero-order valence-electron chi connectivity index (χ0n) is 28.8. The average Bonchev–Trinajstić information content (AvgIpc) is 3.09. The first kappa shape index (κ1) is 38.8. The Kier molecular flexibility index (Phi) is 12.1. The predicted molar refractivity (Wildman–Crippen MR) is 173 cm³/mol. The van der Waals surface area contributed by atoms with Crippen molar-refractivity contribution in [1.82, 2.24) is 0 Å². The summed E-state index contributed by atoms with van der Waals surface area (Å²) < 4.78 is 56.1. The molecule has 5 N–H and O–H groups in total. The lowest BCUT2D eigenvalue weighted by Crippen LogP contribution is -2.61. The minimum atomic E-state index is -2.03. The minimum absolute atomic E-state index is 0.0295. The number of methoxy groups -OCH3 is 6. The second-order valence-corrected chi connectivity index (χ2v) is 11.5. The Morgan fingerprint density at radius 1 is 0.824 bits per heavy atom. The molecule has 18 nitrogen and oxygen atoms in total. The Bertz CT molecular complexity index is 1800. The van der Waals surface area contributed by atoms with E-state index in [1.54, 1.807) is 0 Å². The van der Waals surface area contributed by atoms with Crippen LogP contribution in [-0.4, -0.2) is 123 Å². The molecule has 0 spiro atoms. The highest BCUT2D eigenvalue weighted by atomic mass is 16.7. The molecule has 0 bridgehead atoms. The van der Waals surface area contributed by atoms with E-state index < -0.39 is 78.9 Å². The molecular formula is C33H40O18. The van der Waals surface area contributed by atoms with E-state index in [4.69, 9.17) is 52.2 Å². The van der Waals surface area contributed by atoms with Gasteiger partial charge in [0.25, 0.3) is 0 Å². The number of hydrogen-bond acceptors (Lipinski definition) is 17. The summed E-state index contributed by atoms with van der Waals surface area (Å²) in [7, 11) is 8.03. The van der Waals surface area contributed by atoms with Gasteiger partial charge in [-0.1, -0.05) is 0 Å². The molecule has 51 heavy (non-hydrogen) atoms. The number of rotatable bonds is 15. The van der Waals surface area contributed by atoms with Crippen LogP contribution in [0.15, 0.2) is 27.4 Å². The first-order valence-electron chi connectivity index (χ1n) is 15.2. The molecule has 0 radical (unpaired) electrons. The Morgan fingerprint density at radius 3 is 1.98 bits per heavy atom. The molecule has 1 aromatic heterocycles. The van der Waals surface area contributed by atoms with E-state index in [9.17, 15) is 34.8 Å². The number of esters is 1. The Hall–Kier alpha value is -5.01. The van der Waals surface area contributed by atoms with Crippen molar-refractivity contribution in [3.05, 3.63) is 28.4 Å². The zero-order chi connectivity index (χ0) is 37.8. The van der Waals surface area contributed by atoms with Crippen molar-refractivity contribution in [2.45, 2.75) is 56.1 Å². The molecule has 2 heterocycles. The van der Waals surface area contributed by atoms with Gasteiger partial charge in [-0.05, 0) is 25.1 Å². The summed E-state index contributed by atoms with van der Waals surface area (Å²) in [5.41, 5.74) is -2.86. The van der Waals surface area contributed by atoms with Gasteiger partial charge in [0.15, 0.2) is 34.7 Å². The highest BCUT2D eigenvalue weighted by Crippen LogP contribution is 2.52. The van der Waals surface area contributed by atoms with E-state index in [1.807, 2.05) is 0 Å². The second kappa shape index (κ2) is 15.9. The summed E-state index contributed by atoms with van der Waals surface area (Å²) in [6.07, 6.45) is -10.8. The molecule has 6 atom stereocenters. The third-order valence-corrected chi connectivity index (χ3v) is 7.96. The van der Waals surface area contributed by atoms with Crippen molar-refractivity contribution in [3.63, 3.8) is 0 Å². The average molecular weight is 725 g/mol. The van der Waals surface area contributed by atoms with Crippen LogP contribution in [0.3, 0.4) is 0 Å². The monoisotopic (exact) mass is 724 g/mol. The molecule has 1 fully saturated rings. The predicted octanol–water partition coefficient (Wildman–Crippen LogP) is 0.857. The van der Waals surface area contributed by atoms with Crippen molar-refractivity contribution in [2.75, 3.05) is 49.3 Å². The quantitative estimate of drug-likeness (QED) is 0.136. The third kappa shape index (κ3) is 7.69. The maximum absolute atomic E-state index is 14.5. The fourth-order valence-electron chi connectivity index (χ4n) is 5.64. The van der Waals surface area contributed by atoms with E-state index >= 15 is 0 Å². The van der Waals surface area contributed by atoms with Crippen molar-refractivity contribution in [3.8, 4) is 51.6 Å². The molecule has 18 heteroatoms. The lowest BCUT2D eigenvalue weighted by Gasteiger charge is -2.41. The van der Waals surface area contributed by atoms with E-state index in [2.05, 4.69) is 0 Å². The van der Waals surface area contributed by atoms with Crippen LogP contribution < -0.4 is 38.6 Å². The largest absolute Gasteiger partial charge is 0.493 e. The normalized spacial score (nSPS) is 21.3. The van der Waals surface area contributed by atoms with Crippen molar-refractivity contribution in [2.24, 2.45) is 0 Å². The summed E-state index contributed by atoms with van der Waals surface area (Å²) >= 11 is 0. The van der Waals surface area contributed by atoms with Crippen LogP contribution in [-0.2, 0) is 19.1 Å². The first-order chi connectivity index (χ1) is 24.2. The second-order valence-electron chi connectivity index (χ2n) is 11.5. The van der Waals surface area contributed by atoms with Gasteiger partial charge < -0.3 is 72.6 Å². The molecule has 0 aliphatic carbocycles. The zero-order valence-corrected chi connectivity index (χ0v) is 28.8. The van der Waals surface area contributed by atoms with Crippen LogP contribution in [0.1, 0.15) is 19.8 Å². The van der Waals surface area contributed by atoms with Crippen LogP contribution in [0.2, 0.25) is 0 Å². The smallest absolute Gasteiger partial charge is 0.309 e. The molecule has 1 aliphatic rings. The Balaban J connectivity index is 1.86. The summed E-state index contributed by atoms with van der Waals surface area (Å²) in [5, 5.41) is 51.4. The molecular weight excluding hydrogens is 684 g/mol. The standard InChI is InChI=1S/C33H40O18/c1-33(41,11-18(35)36)12-19(37)49-25-17(13-34)48-32(23(40)22(25)39)51-28-21(38)20-26(44-4)29(45-5)31(47-7)30(46-6)27(20)50-24(28)14-8-9-15(42-2)16(10-14)43-3/h8-10,17,22-23,25,32,34,39-41H,11-13H2,1-7H3,(H,35,36). The SMILES string of the molecule is COc1ccc(-c2oc3c(OC)c(OC)c(OC)c(OC)c3c(=O)c2OC2OC(CO)C(OC(=O)CC(C)(O)CC(=O)O)C(O)C2O)cc1OC. The van der Waals surface area contributed by atoms with Gasteiger partial charge in [-0.2, -0.15) is 0 Å². The molecule has 3 aromatic rings. The molecule has 6 unspecified atom stereocenters. The van der Waals surface area contributed by atoms with Crippen LogP contribution in [0.25, 0.3) is 22.3 Å². The summed E-state index contributed by atoms with van der Waals surface area (Å²) in [4.78, 5) is 38.2. The summed E-state index contributed by atoms with van der Waals surface area (Å²) in [6, 6.07) is 4.51. The van der Waals surface area contributed by atoms with Gasteiger partial charge in [-0.15, -0.1) is 0 Å². The number of ether oxygens (including phenoxy) is 9. The number of aliphatic hydroxyl groups excluding tert-OH is 3. The van der Waals surface area contributed by atoms with E-state index in [1.165, 1.54) is 60.9 Å². The number of fused-ring (bicyclic) bond motifs is 1. The number of aliphatic carboxylic acids is 1. The maximum atomic E-state index is 14.5. The van der Waals surface area contributed by atoms with Crippen molar-refractivity contribution in [1.29, 1.82) is 0 Å². The van der Waals surface area contributed by atoms with Gasteiger partial charge in [0.05, 0.1) is 67.7 Å². The van der Waals surface area contributed by atoms with Gasteiger partial charge in [0.1, 0.15) is 23.7 Å². The number of carboxylic acids is 1. The molecule has 1 aliphatic heterocycles. The van der Waals surface area contributed by atoms with E-state index in [0.29, 0.717) is 5.75 Å². The van der Waals surface area contributed by atoms with Crippen LogP contribution >= 0.6 is 0 Å². The summed E-state index contributed by atoms with van der Waals surface area (Å²) in [5.74, 6) is -2.97. The van der Waals surface area contributed by atoms with Crippen molar-refractivity contribution >= 4 is 22.9 Å². The molecule has 4 rings (SSSR count). The van der Waals surface area contributed by atoms with Crippen LogP contribution in [0.4, 0.5) is 0 Å². The topological polar surface area (TPSA) is 249 Å². The minimum Gasteiger partial charge on any atom is -0.493 e. The van der Waals surface area contributed by atoms with Gasteiger partial charge >= 0.3 is 11.9 Å². The summed E-state index contributed by atoms with van der Waals surface area (Å²) in [6.45, 7) is 0.212. The number of aliphatic hydroxyl groups is 4. The van der Waals surface area contributed by atoms with Gasteiger partial charge in [0.2, 0.25) is 34.7 Å². The molecule has 0 saturated carbocycles. The van der Waals surface area contributed by atoms with Gasteiger partial charge in [0, 0.05) is 5.56 Å². The molecule has 2 aromatic carbocycles. The van der Waals surface area contributed by atoms with E-state index in [-0.39, 0.29) is 51.0 Å². The van der Waals surface area contributed by atoms with Crippen molar-refractivity contribution < 1.29 is 82.2 Å². The lowest BCUT2D eigenvalue weighted by molar-refractivity contribution is -0.282. The molecule has 0 amide bonds. The first-order valence-corrected chi connectivity index (χ1v) is 15.2. The number of carbonyl (C=O) groups is 2. The lowest BCUT2D eigenvalue weighted by atomic mass is 9.97. The number of hydrogen-bond donors (Lipinski definition) is 5. The Morgan fingerprint density at radius 2 is 1.43 bits per heavy atom. The third-order valence-electron chi connectivity index (χ3n) is 7.96. The van der Waals surface area contributed by atoms with Gasteiger partial charge in [-0.3, -0.25) is 14.4 Å². The molecule has 280 valence electrons. The number of carbonyl (C=O) groups excluding carboxylic acids is 1. The number of carboxylic acid groups (broad SMARTS) is 1.